The average Bonchev–Trinajstić information content (AvgIpc) is 3.48. The third-order valence-electron chi connectivity index (χ3n) is 6.53. The Balaban J connectivity index is 1.60. The smallest absolute Gasteiger partial charge is 0.196 e. The molecule has 5 rings (SSSR count). The number of fused-ring (bicyclic) bond motifs is 1. The van der Waals surface area contributed by atoms with Crippen molar-refractivity contribution in [1.29, 1.82) is 0 Å². The quantitative estimate of drug-likeness (QED) is 0.349. The van der Waals surface area contributed by atoms with Crippen molar-refractivity contribution in [1.82, 2.24) is 24.3 Å². The molecule has 0 spiro atoms. The molecule has 0 fully saturated rings. The van der Waals surface area contributed by atoms with Gasteiger partial charge in [0.15, 0.2) is 34.7 Å². The van der Waals surface area contributed by atoms with Gasteiger partial charge in [0, 0.05) is 30.4 Å². The summed E-state index contributed by atoms with van der Waals surface area (Å²) in [6.45, 7) is 3.54. The lowest BCUT2D eigenvalue weighted by molar-refractivity contribution is -0.137. The number of benzene rings is 2. The zero-order valence-corrected chi connectivity index (χ0v) is 20.9. The normalized spacial score (nSPS) is 17.5. The van der Waals surface area contributed by atoms with Crippen LogP contribution in [0.4, 0.5) is 13.2 Å². The van der Waals surface area contributed by atoms with Crippen LogP contribution in [0.15, 0.2) is 42.9 Å². The molecule has 0 amide bonds. The third-order valence-corrected chi connectivity index (χ3v) is 6.72. The molecule has 12 heteroatoms. The van der Waals surface area contributed by atoms with E-state index in [4.69, 9.17) is 21.1 Å². The summed E-state index contributed by atoms with van der Waals surface area (Å²) in [5.74, 6) is -3.39. The van der Waals surface area contributed by atoms with E-state index in [2.05, 4.69) is 15.2 Å². The van der Waals surface area contributed by atoms with Gasteiger partial charge in [-0.1, -0.05) is 11.6 Å². The summed E-state index contributed by atoms with van der Waals surface area (Å²) < 4.78 is 56.6. The number of aliphatic hydroxyl groups is 1. The summed E-state index contributed by atoms with van der Waals surface area (Å²) in [5.41, 5.74) is -1.70. The molecule has 1 atom stereocenters. The second-order valence-corrected chi connectivity index (χ2v) is 9.67. The third kappa shape index (κ3) is 4.21. The van der Waals surface area contributed by atoms with Gasteiger partial charge in [0.2, 0.25) is 0 Å². The second-order valence-electron chi connectivity index (χ2n) is 9.28. The van der Waals surface area contributed by atoms with Crippen LogP contribution in [-0.2, 0) is 12.1 Å². The SMILES string of the molecule is COc1cc(-c2nnc3n2CCCC3(Oc2cc(F)c(F)c(F)c2)C(C)(C)O)ccc1-n1cnc(Cl)c1. The Morgan fingerprint density at radius 1 is 1.11 bits per heavy atom. The van der Waals surface area contributed by atoms with E-state index < -0.39 is 28.7 Å². The molecule has 4 aromatic rings. The Morgan fingerprint density at radius 3 is 2.46 bits per heavy atom. The predicted molar refractivity (Wildman–Crippen MR) is 128 cm³/mol. The summed E-state index contributed by atoms with van der Waals surface area (Å²) in [4.78, 5) is 4.03. The van der Waals surface area contributed by atoms with Gasteiger partial charge in [-0.2, -0.15) is 0 Å². The van der Waals surface area contributed by atoms with Gasteiger partial charge in [-0.15, -0.1) is 10.2 Å². The molecule has 0 aliphatic carbocycles. The highest BCUT2D eigenvalue weighted by molar-refractivity contribution is 6.29. The number of aromatic nitrogens is 5. The molecule has 1 N–H and O–H groups in total. The Bertz CT molecular complexity index is 1460. The van der Waals surface area contributed by atoms with Crippen molar-refractivity contribution in [2.75, 3.05) is 7.11 Å². The Kier molecular flexibility index (Phi) is 6.15. The van der Waals surface area contributed by atoms with Crippen LogP contribution in [0.3, 0.4) is 0 Å². The Labute approximate surface area is 215 Å². The van der Waals surface area contributed by atoms with E-state index in [1.165, 1.54) is 21.0 Å². The largest absolute Gasteiger partial charge is 0.495 e. The number of methoxy groups -OCH3 is 1. The highest BCUT2D eigenvalue weighted by Crippen LogP contribution is 2.45. The van der Waals surface area contributed by atoms with Crippen molar-refractivity contribution < 1.29 is 27.8 Å². The zero-order chi connectivity index (χ0) is 26.5. The number of nitrogens with zero attached hydrogens (tertiary/aromatic N) is 5. The average molecular weight is 534 g/mol. The fourth-order valence-electron chi connectivity index (χ4n) is 4.68. The summed E-state index contributed by atoms with van der Waals surface area (Å²) >= 11 is 5.96. The summed E-state index contributed by atoms with van der Waals surface area (Å²) in [5, 5.41) is 20.3. The van der Waals surface area contributed by atoms with Gasteiger partial charge in [-0.25, -0.2) is 18.2 Å². The number of hydrogen-bond acceptors (Lipinski definition) is 6. The van der Waals surface area contributed by atoms with Crippen LogP contribution in [-0.4, -0.2) is 42.1 Å². The fraction of sp³-hybridized carbons (Fsp3) is 0.320. The molecule has 0 bridgehead atoms. The molecule has 8 nitrogen and oxygen atoms in total. The van der Waals surface area contributed by atoms with E-state index >= 15 is 0 Å². The zero-order valence-electron chi connectivity index (χ0n) is 20.2. The standard InChI is InChI=1S/C25H23ClF3N5O3/c1-24(2,35)25(37-15-10-16(27)21(29)17(28)11-15)7-4-8-34-22(31-32-23(25)34)14-5-6-18(19(9-14)36-3)33-12-20(26)30-13-33/h5-6,9-13,35H,4,7-8H2,1-3H3. The Hall–Kier alpha value is -3.57. The number of imidazole rings is 1. The minimum absolute atomic E-state index is 0.274. The fourth-order valence-corrected chi connectivity index (χ4v) is 4.83. The first kappa shape index (κ1) is 25.1. The highest BCUT2D eigenvalue weighted by Gasteiger charge is 2.53. The summed E-state index contributed by atoms with van der Waals surface area (Å²) in [6.07, 6.45) is 4.03. The van der Waals surface area contributed by atoms with Gasteiger partial charge in [0.05, 0.1) is 12.8 Å². The molecule has 194 valence electrons. The maximum absolute atomic E-state index is 13.9. The lowest BCUT2D eigenvalue weighted by atomic mass is 9.79. The Morgan fingerprint density at radius 2 is 1.84 bits per heavy atom. The number of hydrogen-bond donors (Lipinski definition) is 1. The molecule has 0 saturated heterocycles. The van der Waals surface area contributed by atoms with Crippen LogP contribution in [0.2, 0.25) is 5.15 Å². The molecular formula is C25H23ClF3N5O3. The summed E-state index contributed by atoms with van der Waals surface area (Å²) in [6, 6.07) is 6.92. The molecule has 2 aromatic heterocycles. The van der Waals surface area contributed by atoms with Crippen LogP contribution in [0, 0.1) is 17.5 Å². The van der Waals surface area contributed by atoms with E-state index in [0.29, 0.717) is 40.9 Å². The van der Waals surface area contributed by atoms with E-state index in [0.717, 1.165) is 12.1 Å². The topological polar surface area (TPSA) is 87.2 Å². The van der Waals surface area contributed by atoms with E-state index in [1.54, 1.807) is 27.7 Å². The van der Waals surface area contributed by atoms with Crippen molar-refractivity contribution in [3.63, 3.8) is 0 Å². The minimum atomic E-state index is -1.60. The maximum Gasteiger partial charge on any atom is 0.196 e. The van der Waals surface area contributed by atoms with Crippen LogP contribution in [0.5, 0.6) is 11.5 Å². The lowest BCUT2D eigenvalue weighted by Crippen LogP contribution is -2.55. The first-order valence-electron chi connectivity index (χ1n) is 11.4. The van der Waals surface area contributed by atoms with Gasteiger partial charge in [-0.05, 0) is 44.9 Å². The van der Waals surface area contributed by atoms with Crippen LogP contribution in [0.25, 0.3) is 17.1 Å². The number of ether oxygens (including phenoxy) is 2. The van der Waals surface area contributed by atoms with E-state index in [1.807, 2.05) is 12.1 Å². The van der Waals surface area contributed by atoms with Crippen LogP contribution in [0.1, 0.15) is 32.5 Å². The molecule has 2 aromatic carbocycles. The molecule has 1 unspecified atom stereocenters. The minimum Gasteiger partial charge on any atom is -0.495 e. The van der Waals surface area contributed by atoms with Crippen molar-refractivity contribution in [2.45, 2.75) is 44.4 Å². The maximum atomic E-state index is 13.9. The van der Waals surface area contributed by atoms with Crippen molar-refractivity contribution in [2.24, 2.45) is 0 Å². The van der Waals surface area contributed by atoms with Gasteiger partial charge in [0.1, 0.15) is 28.6 Å². The summed E-state index contributed by atoms with van der Waals surface area (Å²) in [7, 11) is 1.54. The molecule has 1 aliphatic rings. The number of rotatable bonds is 6. The van der Waals surface area contributed by atoms with E-state index in [9.17, 15) is 18.3 Å². The molecule has 0 saturated carbocycles. The first-order valence-corrected chi connectivity index (χ1v) is 11.8. The first-order chi connectivity index (χ1) is 17.5. The molecule has 3 heterocycles. The highest BCUT2D eigenvalue weighted by atomic mass is 35.5. The van der Waals surface area contributed by atoms with Crippen molar-refractivity contribution in [3.05, 3.63) is 71.3 Å². The van der Waals surface area contributed by atoms with Crippen molar-refractivity contribution >= 4 is 11.6 Å². The second kappa shape index (κ2) is 9.07. The number of halogens is 4. The monoisotopic (exact) mass is 533 g/mol. The molecule has 37 heavy (non-hydrogen) atoms. The predicted octanol–water partition coefficient (Wildman–Crippen LogP) is 5.05. The van der Waals surface area contributed by atoms with E-state index in [-0.39, 0.29) is 18.0 Å². The van der Waals surface area contributed by atoms with Crippen LogP contribution < -0.4 is 9.47 Å². The van der Waals surface area contributed by atoms with Gasteiger partial charge in [0.25, 0.3) is 0 Å². The van der Waals surface area contributed by atoms with Gasteiger partial charge in [-0.3, -0.25) is 0 Å². The van der Waals surface area contributed by atoms with Gasteiger partial charge < -0.3 is 23.7 Å². The molecule has 1 aliphatic heterocycles. The lowest BCUT2D eigenvalue weighted by Gasteiger charge is -2.44. The molecule has 0 radical (unpaired) electrons. The van der Waals surface area contributed by atoms with Gasteiger partial charge >= 0.3 is 0 Å². The molecular weight excluding hydrogens is 511 g/mol. The van der Waals surface area contributed by atoms with Crippen molar-refractivity contribution in [3.8, 4) is 28.6 Å². The van der Waals surface area contributed by atoms with Crippen LogP contribution >= 0.6 is 11.6 Å².